The van der Waals surface area contributed by atoms with Crippen molar-refractivity contribution in [2.24, 2.45) is 0 Å². The van der Waals surface area contributed by atoms with Crippen molar-refractivity contribution < 1.29 is 23.8 Å². The van der Waals surface area contributed by atoms with E-state index in [-0.39, 0.29) is 12.1 Å². The summed E-state index contributed by atoms with van der Waals surface area (Å²) in [6, 6.07) is 14.2. The summed E-state index contributed by atoms with van der Waals surface area (Å²) in [6.07, 6.45) is 8.70. The van der Waals surface area contributed by atoms with Gasteiger partial charge >= 0.3 is 11.9 Å². The van der Waals surface area contributed by atoms with Gasteiger partial charge in [-0.1, -0.05) is 57.2 Å². The van der Waals surface area contributed by atoms with Crippen LogP contribution in [-0.4, -0.2) is 24.6 Å². The molecule has 1 fully saturated rings. The van der Waals surface area contributed by atoms with E-state index in [2.05, 4.69) is 6.92 Å². The molecular weight excluding hydrogens is 404 g/mol. The highest BCUT2D eigenvalue weighted by molar-refractivity contribution is 5.91. The predicted octanol–water partition coefficient (Wildman–Crippen LogP) is 6.45. The van der Waals surface area contributed by atoms with E-state index in [4.69, 9.17) is 14.2 Å². The maximum absolute atomic E-state index is 12.7. The monoisotopic (exact) mass is 438 g/mol. The smallest absolute Gasteiger partial charge is 0.343 e. The lowest BCUT2D eigenvalue weighted by atomic mass is 9.90. The van der Waals surface area contributed by atoms with Crippen molar-refractivity contribution in [1.82, 2.24) is 0 Å². The highest BCUT2D eigenvalue weighted by Crippen LogP contribution is 2.35. The molecule has 2 atom stereocenters. The standard InChI is InChI=1S/C27H34O5/c1-3-4-5-6-7-10-19-30-22-16-14-21(15-17-22)26(28)32-25-12-9-8-11-23(25)24-18-13-20(2)31-27(24)29/h8-9,11-12,14-17,20,24H,3-7,10,13,18-19H2,1-2H3/t20-,24+/m0/s1. The molecule has 0 radical (unpaired) electrons. The van der Waals surface area contributed by atoms with Crippen LogP contribution < -0.4 is 9.47 Å². The second-order valence-corrected chi connectivity index (χ2v) is 8.45. The molecule has 0 N–H and O–H groups in total. The molecule has 1 saturated heterocycles. The summed E-state index contributed by atoms with van der Waals surface area (Å²) in [5.41, 5.74) is 1.13. The van der Waals surface area contributed by atoms with Crippen molar-refractivity contribution in [1.29, 1.82) is 0 Å². The number of hydrogen-bond donors (Lipinski definition) is 0. The summed E-state index contributed by atoms with van der Waals surface area (Å²) in [4.78, 5) is 25.0. The Balaban J connectivity index is 1.54. The van der Waals surface area contributed by atoms with Gasteiger partial charge in [-0.3, -0.25) is 4.79 Å². The largest absolute Gasteiger partial charge is 0.494 e. The number of hydrogen-bond acceptors (Lipinski definition) is 5. The minimum Gasteiger partial charge on any atom is -0.494 e. The van der Waals surface area contributed by atoms with E-state index < -0.39 is 11.9 Å². The first kappa shape index (κ1) is 23.8. The van der Waals surface area contributed by atoms with Gasteiger partial charge in [-0.2, -0.15) is 0 Å². The lowest BCUT2D eigenvalue weighted by molar-refractivity contribution is -0.155. The van der Waals surface area contributed by atoms with Gasteiger partial charge in [-0.05, 0) is 56.5 Å². The minimum atomic E-state index is -0.461. The summed E-state index contributed by atoms with van der Waals surface area (Å²) in [5, 5.41) is 0. The van der Waals surface area contributed by atoms with Crippen LogP contribution in [0.1, 0.15) is 87.1 Å². The third-order valence-corrected chi connectivity index (χ3v) is 5.82. The third-order valence-electron chi connectivity index (χ3n) is 5.82. The van der Waals surface area contributed by atoms with Crippen molar-refractivity contribution in [2.45, 2.75) is 77.2 Å². The first-order valence-electron chi connectivity index (χ1n) is 11.8. The number of benzene rings is 2. The van der Waals surface area contributed by atoms with E-state index in [9.17, 15) is 9.59 Å². The zero-order chi connectivity index (χ0) is 22.8. The van der Waals surface area contributed by atoms with E-state index in [1.165, 1.54) is 32.1 Å². The normalized spacial score (nSPS) is 18.1. The van der Waals surface area contributed by atoms with E-state index in [0.29, 0.717) is 29.9 Å². The Kier molecular flexibility index (Phi) is 9.14. The molecule has 0 amide bonds. The summed E-state index contributed by atoms with van der Waals surface area (Å²) in [6.45, 7) is 4.79. The fourth-order valence-electron chi connectivity index (χ4n) is 3.92. The molecule has 0 unspecified atom stereocenters. The van der Waals surface area contributed by atoms with Crippen LogP contribution in [0.2, 0.25) is 0 Å². The number of rotatable bonds is 11. The molecule has 1 aliphatic heterocycles. The SMILES string of the molecule is CCCCCCCCOc1ccc(C(=O)Oc2ccccc2[C@H]2CC[C@H](C)OC2=O)cc1. The molecule has 0 bridgehead atoms. The lowest BCUT2D eigenvalue weighted by Crippen LogP contribution is -2.28. The summed E-state index contributed by atoms with van der Waals surface area (Å²) in [5.74, 6) is 0.0107. The Morgan fingerprint density at radius 2 is 1.69 bits per heavy atom. The molecule has 5 heteroatoms. The van der Waals surface area contributed by atoms with Crippen LogP contribution >= 0.6 is 0 Å². The Labute approximate surface area is 191 Å². The summed E-state index contributed by atoms with van der Waals surface area (Å²) >= 11 is 0. The highest BCUT2D eigenvalue weighted by atomic mass is 16.5. The predicted molar refractivity (Wildman–Crippen MR) is 124 cm³/mol. The van der Waals surface area contributed by atoms with Gasteiger partial charge < -0.3 is 14.2 Å². The van der Waals surface area contributed by atoms with Gasteiger partial charge in [0.1, 0.15) is 11.5 Å². The Hall–Kier alpha value is -2.82. The number of carbonyl (C=O) groups is 2. The van der Waals surface area contributed by atoms with Crippen molar-refractivity contribution in [3.8, 4) is 11.5 Å². The average molecular weight is 439 g/mol. The zero-order valence-corrected chi connectivity index (χ0v) is 19.2. The first-order chi connectivity index (χ1) is 15.6. The molecule has 0 saturated carbocycles. The van der Waals surface area contributed by atoms with Gasteiger partial charge in [-0.25, -0.2) is 4.79 Å². The van der Waals surface area contributed by atoms with Crippen LogP contribution in [0.3, 0.4) is 0 Å². The molecule has 0 aliphatic carbocycles. The zero-order valence-electron chi connectivity index (χ0n) is 19.2. The fourth-order valence-corrected chi connectivity index (χ4v) is 3.92. The second-order valence-electron chi connectivity index (χ2n) is 8.45. The molecule has 2 aromatic rings. The maximum atomic E-state index is 12.7. The number of para-hydroxylation sites is 1. The summed E-state index contributed by atoms with van der Waals surface area (Å²) in [7, 11) is 0. The molecule has 172 valence electrons. The average Bonchev–Trinajstić information content (AvgIpc) is 2.79. The van der Waals surface area contributed by atoms with E-state index in [1.807, 2.05) is 19.1 Å². The molecule has 32 heavy (non-hydrogen) atoms. The molecular formula is C27H34O5. The quantitative estimate of drug-likeness (QED) is 0.229. The Bertz CT molecular complexity index is 874. The molecule has 2 aromatic carbocycles. The number of esters is 2. The van der Waals surface area contributed by atoms with E-state index in [1.54, 1.807) is 36.4 Å². The molecule has 0 aromatic heterocycles. The van der Waals surface area contributed by atoms with Crippen LogP contribution in [0.15, 0.2) is 48.5 Å². The number of carbonyl (C=O) groups excluding carboxylic acids is 2. The van der Waals surface area contributed by atoms with E-state index in [0.717, 1.165) is 18.6 Å². The molecule has 1 heterocycles. The van der Waals surface area contributed by atoms with Crippen molar-refractivity contribution >= 4 is 11.9 Å². The number of unbranched alkanes of at least 4 members (excludes halogenated alkanes) is 5. The lowest BCUT2D eigenvalue weighted by Gasteiger charge is -2.27. The van der Waals surface area contributed by atoms with Gasteiger partial charge in [0.05, 0.1) is 24.2 Å². The van der Waals surface area contributed by atoms with Crippen molar-refractivity contribution in [2.75, 3.05) is 6.61 Å². The summed E-state index contributed by atoms with van der Waals surface area (Å²) < 4.78 is 16.8. The van der Waals surface area contributed by atoms with Gasteiger partial charge in [0.2, 0.25) is 0 Å². The van der Waals surface area contributed by atoms with Crippen LogP contribution in [-0.2, 0) is 9.53 Å². The Morgan fingerprint density at radius 3 is 2.44 bits per heavy atom. The third kappa shape index (κ3) is 6.84. The topological polar surface area (TPSA) is 61.8 Å². The maximum Gasteiger partial charge on any atom is 0.343 e. The van der Waals surface area contributed by atoms with Gasteiger partial charge in [0, 0.05) is 5.56 Å². The van der Waals surface area contributed by atoms with Gasteiger partial charge in [-0.15, -0.1) is 0 Å². The minimum absolute atomic E-state index is 0.0738. The molecule has 0 spiro atoms. The van der Waals surface area contributed by atoms with Crippen molar-refractivity contribution in [3.05, 3.63) is 59.7 Å². The molecule has 1 aliphatic rings. The highest BCUT2D eigenvalue weighted by Gasteiger charge is 2.31. The number of ether oxygens (including phenoxy) is 3. The fraction of sp³-hybridized carbons (Fsp3) is 0.481. The van der Waals surface area contributed by atoms with Gasteiger partial charge in [0.25, 0.3) is 0 Å². The van der Waals surface area contributed by atoms with Crippen LogP contribution in [0.5, 0.6) is 11.5 Å². The Morgan fingerprint density at radius 1 is 0.969 bits per heavy atom. The van der Waals surface area contributed by atoms with Crippen LogP contribution in [0, 0.1) is 0 Å². The van der Waals surface area contributed by atoms with E-state index >= 15 is 0 Å². The molecule has 3 rings (SSSR count). The van der Waals surface area contributed by atoms with Gasteiger partial charge in [0.15, 0.2) is 0 Å². The second kappa shape index (κ2) is 12.3. The van der Waals surface area contributed by atoms with Crippen LogP contribution in [0.4, 0.5) is 0 Å². The van der Waals surface area contributed by atoms with Crippen molar-refractivity contribution in [3.63, 3.8) is 0 Å². The number of cyclic esters (lactones) is 1. The van der Waals surface area contributed by atoms with Crippen LogP contribution in [0.25, 0.3) is 0 Å². The molecule has 5 nitrogen and oxygen atoms in total. The first-order valence-corrected chi connectivity index (χ1v) is 11.8.